The van der Waals surface area contributed by atoms with Crippen molar-refractivity contribution < 1.29 is 48.9 Å². The van der Waals surface area contributed by atoms with Gasteiger partial charge in [-0.3, -0.25) is 48.4 Å². The van der Waals surface area contributed by atoms with Gasteiger partial charge in [0.2, 0.25) is 17.7 Å². The Kier molecular flexibility index (Phi) is 20.3. The third kappa shape index (κ3) is 18.6. The van der Waals surface area contributed by atoms with Crippen molar-refractivity contribution in [2.24, 2.45) is 11.7 Å². The molecule has 0 radical (unpaired) electrons. The lowest BCUT2D eigenvalue weighted by Gasteiger charge is -2.33. The zero-order chi connectivity index (χ0) is 32.9. The van der Waals surface area contributed by atoms with Crippen LogP contribution in [0.15, 0.2) is 0 Å². The van der Waals surface area contributed by atoms with Gasteiger partial charge in [-0.1, -0.05) is 13.8 Å². The van der Waals surface area contributed by atoms with Crippen LogP contribution in [0.4, 0.5) is 0 Å². The molecule has 7 N–H and O–H groups in total. The van der Waals surface area contributed by atoms with E-state index in [0.29, 0.717) is 26.2 Å². The Labute approximate surface area is 251 Å². The van der Waals surface area contributed by atoms with Gasteiger partial charge in [-0.25, -0.2) is 0 Å². The molecule has 17 heteroatoms. The molecular formula is C26H47N7O10. The van der Waals surface area contributed by atoms with E-state index in [2.05, 4.69) is 10.6 Å². The van der Waals surface area contributed by atoms with Crippen molar-refractivity contribution in [3.63, 3.8) is 0 Å². The molecule has 1 aliphatic rings. The second-order valence-corrected chi connectivity index (χ2v) is 10.2. The van der Waals surface area contributed by atoms with Gasteiger partial charge in [0.05, 0.1) is 39.1 Å². The number of hydrogen-bond donors (Lipinski definition) is 6. The quantitative estimate of drug-likeness (QED) is 0.0957. The van der Waals surface area contributed by atoms with Gasteiger partial charge in [-0.2, -0.15) is 0 Å². The molecule has 0 saturated carbocycles. The highest BCUT2D eigenvalue weighted by atomic mass is 16.4. The molecule has 1 rings (SSSR count). The van der Waals surface area contributed by atoms with Crippen LogP contribution in [-0.4, -0.2) is 175 Å². The topological polar surface area (TPSA) is 243 Å². The molecule has 1 heterocycles. The van der Waals surface area contributed by atoms with Crippen molar-refractivity contribution in [3.05, 3.63) is 0 Å². The fourth-order valence-electron chi connectivity index (χ4n) is 4.08. The Morgan fingerprint density at radius 3 is 1.56 bits per heavy atom. The number of aldehydes is 1. The summed E-state index contributed by atoms with van der Waals surface area (Å²) in [7, 11) is 1.00. The van der Waals surface area contributed by atoms with Crippen LogP contribution >= 0.6 is 0 Å². The Balaban J connectivity index is 0.00000862. The number of aliphatic carboxylic acids is 2. The van der Waals surface area contributed by atoms with Gasteiger partial charge < -0.3 is 36.5 Å². The van der Waals surface area contributed by atoms with Gasteiger partial charge in [-0.15, -0.1) is 0 Å². The van der Waals surface area contributed by atoms with Crippen LogP contribution < -0.4 is 16.4 Å². The lowest BCUT2D eigenvalue weighted by Crippen LogP contribution is -2.53. The first kappa shape index (κ1) is 39.5. The SMILES string of the molecule is CC(C)C(=O)CNC(=O)C(CC(N)=O)NC(=O)CN1CCN(CC=O)CCN(CC(=O)O)CCN(CC(=O)O)CC1.CO. The fraction of sp³-hybridized carbons (Fsp3) is 0.731. The maximum Gasteiger partial charge on any atom is 0.317 e. The Morgan fingerprint density at radius 2 is 1.19 bits per heavy atom. The van der Waals surface area contributed by atoms with Crippen LogP contribution in [0.2, 0.25) is 0 Å². The molecule has 0 aromatic carbocycles. The third-order valence-electron chi connectivity index (χ3n) is 6.49. The van der Waals surface area contributed by atoms with Crippen molar-refractivity contribution in [2.45, 2.75) is 26.3 Å². The van der Waals surface area contributed by atoms with Gasteiger partial charge >= 0.3 is 11.9 Å². The van der Waals surface area contributed by atoms with Crippen molar-refractivity contribution in [1.82, 2.24) is 30.2 Å². The number of nitrogens with one attached hydrogen (secondary N) is 2. The Bertz CT molecular complexity index is 934. The Morgan fingerprint density at radius 1 is 0.767 bits per heavy atom. The number of nitrogens with two attached hydrogens (primary N) is 1. The average molecular weight is 618 g/mol. The summed E-state index contributed by atoms with van der Waals surface area (Å²) < 4.78 is 0. The number of rotatable bonds is 15. The summed E-state index contributed by atoms with van der Waals surface area (Å²) in [5.74, 6) is -4.75. The first-order chi connectivity index (χ1) is 20.3. The van der Waals surface area contributed by atoms with Gasteiger partial charge in [-0.05, 0) is 0 Å². The summed E-state index contributed by atoms with van der Waals surface area (Å²) in [5.41, 5.74) is 5.26. The molecule has 1 unspecified atom stereocenters. The number of carboxylic acids is 2. The van der Waals surface area contributed by atoms with E-state index in [1.807, 2.05) is 4.90 Å². The molecule has 1 saturated heterocycles. The number of carboxylic acid groups (broad SMARTS) is 2. The summed E-state index contributed by atoms with van der Waals surface area (Å²) in [6.45, 7) is 4.91. The summed E-state index contributed by atoms with van der Waals surface area (Å²) in [6, 6.07) is -1.29. The van der Waals surface area contributed by atoms with Crippen molar-refractivity contribution in [3.8, 4) is 0 Å². The maximum atomic E-state index is 12.9. The van der Waals surface area contributed by atoms with E-state index in [0.717, 1.165) is 13.4 Å². The highest BCUT2D eigenvalue weighted by Crippen LogP contribution is 2.02. The van der Waals surface area contributed by atoms with E-state index >= 15 is 0 Å². The molecule has 0 bridgehead atoms. The van der Waals surface area contributed by atoms with Gasteiger partial charge in [0.1, 0.15) is 12.3 Å². The van der Waals surface area contributed by atoms with Crippen molar-refractivity contribution >= 4 is 41.7 Å². The van der Waals surface area contributed by atoms with E-state index < -0.39 is 42.1 Å². The van der Waals surface area contributed by atoms with Crippen LogP contribution in [0.1, 0.15) is 20.3 Å². The number of aliphatic hydroxyl groups is 1. The zero-order valence-electron chi connectivity index (χ0n) is 25.2. The van der Waals surface area contributed by atoms with Gasteiger partial charge in [0.15, 0.2) is 5.78 Å². The molecule has 1 aliphatic heterocycles. The number of carbonyl (C=O) groups excluding carboxylic acids is 5. The summed E-state index contributed by atoms with van der Waals surface area (Å²) in [5, 5.41) is 30.5. The van der Waals surface area contributed by atoms with Gasteiger partial charge in [0.25, 0.3) is 0 Å². The second-order valence-electron chi connectivity index (χ2n) is 10.2. The molecule has 1 fully saturated rings. The number of hydrogen-bond acceptors (Lipinski definition) is 12. The molecule has 17 nitrogen and oxygen atoms in total. The molecule has 0 aromatic rings. The fourth-order valence-corrected chi connectivity index (χ4v) is 4.08. The second kappa shape index (κ2) is 22.1. The van der Waals surface area contributed by atoms with Gasteiger partial charge in [0, 0.05) is 65.4 Å². The van der Waals surface area contributed by atoms with Crippen molar-refractivity contribution in [1.29, 1.82) is 0 Å². The van der Waals surface area contributed by atoms with E-state index in [1.165, 1.54) is 0 Å². The smallest absolute Gasteiger partial charge is 0.317 e. The minimum Gasteiger partial charge on any atom is -0.480 e. The number of primary amides is 1. The molecule has 0 aliphatic carbocycles. The van der Waals surface area contributed by atoms with E-state index in [4.69, 9.17) is 10.8 Å². The highest BCUT2D eigenvalue weighted by molar-refractivity contribution is 5.94. The molecule has 1 atom stereocenters. The lowest BCUT2D eigenvalue weighted by atomic mass is 10.1. The number of nitrogens with zero attached hydrogens (tertiary/aromatic N) is 4. The third-order valence-corrected chi connectivity index (χ3v) is 6.49. The van der Waals surface area contributed by atoms with Crippen LogP contribution in [0.5, 0.6) is 0 Å². The first-order valence-electron chi connectivity index (χ1n) is 13.9. The van der Waals surface area contributed by atoms with E-state index in [1.54, 1.807) is 28.5 Å². The predicted octanol–water partition coefficient (Wildman–Crippen LogP) is -4.11. The molecule has 43 heavy (non-hydrogen) atoms. The summed E-state index contributed by atoms with van der Waals surface area (Å²) in [4.78, 5) is 89.8. The monoisotopic (exact) mass is 617 g/mol. The Hall–Kier alpha value is -3.51. The van der Waals surface area contributed by atoms with Crippen LogP contribution in [0, 0.1) is 5.92 Å². The highest BCUT2D eigenvalue weighted by Gasteiger charge is 2.25. The normalized spacial score (nSPS) is 16.9. The van der Waals surface area contributed by atoms with E-state index in [-0.39, 0.29) is 70.6 Å². The van der Waals surface area contributed by atoms with E-state index in [9.17, 15) is 43.8 Å². The molecule has 0 spiro atoms. The average Bonchev–Trinajstić information content (AvgIpc) is 2.92. The minimum atomic E-state index is -1.29. The molecular weight excluding hydrogens is 570 g/mol. The zero-order valence-corrected chi connectivity index (χ0v) is 25.2. The van der Waals surface area contributed by atoms with Crippen molar-refractivity contribution in [2.75, 3.05) is 92.2 Å². The number of ketones is 1. The summed E-state index contributed by atoms with van der Waals surface area (Å²) in [6.07, 6.45) is 0.260. The molecule has 3 amide bonds. The van der Waals surface area contributed by atoms with Crippen LogP contribution in [0.25, 0.3) is 0 Å². The number of amides is 3. The minimum absolute atomic E-state index is 0.0992. The number of carbonyl (C=O) groups is 7. The largest absolute Gasteiger partial charge is 0.480 e. The number of Topliss-reactive ketones (excluding diaryl/α,β-unsaturated/α-hetero) is 1. The van der Waals surface area contributed by atoms with Crippen LogP contribution in [-0.2, 0) is 33.6 Å². The first-order valence-corrected chi connectivity index (χ1v) is 13.9. The summed E-state index contributed by atoms with van der Waals surface area (Å²) >= 11 is 0. The standard InChI is InChI=1S/C25H43N7O9.CH4O/c1-18(2)20(34)14-27-25(41)19(13-21(26)35)28-22(36)15-30-5-3-29(11-12-33)4-6-31(16-23(37)38)9-10-32(8-7-30)17-24(39)40;1-2/h12,18-19H,3-11,13-17H2,1-2H3,(H2,26,35)(H,27,41)(H,28,36)(H,37,38)(H,39,40);2H,1H3. The molecule has 0 aromatic heterocycles. The van der Waals surface area contributed by atoms with Crippen LogP contribution in [0.3, 0.4) is 0 Å². The maximum absolute atomic E-state index is 12.9. The molecule has 246 valence electrons. The predicted molar refractivity (Wildman–Crippen MR) is 154 cm³/mol. The lowest BCUT2D eigenvalue weighted by molar-refractivity contribution is -0.140. The number of aliphatic hydroxyl groups excluding tert-OH is 1.